The maximum absolute atomic E-state index is 12.0. The Morgan fingerprint density at radius 2 is 1.67 bits per heavy atom. The number of aromatic nitrogens is 2. The number of halogens is 1. The van der Waals surface area contributed by atoms with Crippen molar-refractivity contribution in [2.24, 2.45) is 7.05 Å². The molecule has 2 aromatic carbocycles. The molecule has 4 rings (SSSR count). The van der Waals surface area contributed by atoms with Gasteiger partial charge in [-0.2, -0.15) is 0 Å². The molecule has 0 unspecified atom stereocenters. The Labute approximate surface area is 231 Å². The topological polar surface area (TPSA) is 44.3 Å². The molecule has 5 nitrogen and oxygen atoms in total. The van der Waals surface area contributed by atoms with Crippen LogP contribution in [0.2, 0.25) is 0 Å². The maximum atomic E-state index is 12.0. The number of carbonyl (C=O) groups excluding carboxylic acids is 1. The zero-order valence-electron chi connectivity index (χ0n) is 20.9. The van der Waals surface area contributed by atoms with Gasteiger partial charge < -0.3 is 38.0 Å². The number of ether oxygens (including phenoxy) is 2. The number of hydrogen-bond acceptors (Lipinski definition) is 3. The van der Waals surface area contributed by atoms with Crippen molar-refractivity contribution < 1.29 is 42.8 Å². The number of esters is 1. The summed E-state index contributed by atoms with van der Waals surface area (Å²) in [5, 5.41) is 1.22. The van der Waals surface area contributed by atoms with Gasteiger partial charge >= 0.3 is 5.97 Å². The largest absolute Gasteiger partial charge is 1.00 e. The van der Waals surface area contributed by atoms with E-state index in [-0.39, 0.29) is 29.9 Å². The van der Waals surface area contributed by atoms with Crippen molar-refractivity contribution in [1.82, 2.24) is 4.57 Å². The van der Waals surface area contributed by atoms with Gasteiger partial charge in [0.1, 0.15) is 25.0 Å². The zero-order valence-corrected chi connectivity index (χ0v) is 23.1. The number of nitrogens with zero attached hydrogens (tertiary/aromatic N) is 2. The van der Waals surface area contributed by atoms with Crippen molar-refractivity contribution in [3.8, 4) is 5.75 Å². The molecule has 0 saturated heterocycles. The normalized spacial score (nSPS) is 10.7. The molecule has 190 valence electrons. The Balaban J connectivity index is 0.00000361. The Kier molecular flexibility index (Phi) is 11.3. The second kappa shape index (κ2) is 14.6. The summed E-state index contributed by atoms with van der Waals surface area (Å²) in [4.78, 5) is 12.0. The molecule has 0 atom stereocenters. The van der Waals surface area contributed by atoms with Crippen molar-refractivity contribution in [2.75, 3.05) is 6.61 Å². The van der Waals surface area contributed by atoms with E-state index >= 15 is 0 Å². The summed E-state index contributed by atoms with van der Waals surface area (Å²) < 4.78 is 15.5. The molecule has 36 heavy (non-hydrogen) atoms. The average Bonchev–Trinajstić information content (AvgIpc) is 3.29. The van der Waals surface area contributed by atoms with Gasteiger partial charge in [0.05, 0.1) is 6.61 Å². The number of benzene rings is 2. The number of pyridine rings is 1. The quantitative estimate of drug-likeness (QED) is 0.103. The van der Waals surface area contributed by atoms with E-state index in [2.05, 4.69) is 47.2 Å². The molecule has 6 heteroatoms. The molecule has 0 aliphatic rings. The smallest absolute Gasteiger partial charge is 0.344 e. The Morgan fingerprint density at radius 1 is 0.889 bits per heavy atom. The highest BCUT2D eigenvalue weighted by atomic mass is 127. The minimum atomic E-state index is -0.241. The number of hydrogen-bond donors (Lipinski definition) is 0. The fourth-order valence-corrected chi connectivity index (χ4v) is 4.25. The predicted molar refractivity (Wildman–Crippen MR) is 138 cm³/mol. The number of carbonyl (C=O) groups is 1. The fraction of sp³-hybridized carbons (Fsp3) is 0.333. The molecule has 0 fully saturated rings. The summed E-state index contributed by atoms with van der Waals surface area (Å²) in [5.41, 5.74) is 3.03. The Bertz CT molecular complexity index is 1220. The SMILES string of the molecule is C[n+]1cccc(C(=O)OCCCCCCCCn2ccc3cc(OCc4ccccc4)ccc32)c1.[I-]. The second-order valence-electron chi connectivity index (χ2n) is 9.02. The first-order chi connectivity index (χ1) is 17.2. The van der Waals surface area contributed by atoms with Crippen molar-refractivity contribution >= 4 is 16.9 Å². The van der Waals surface area contributed by atoms with Gasteiger partial charge in [0.25, 0.3) is 0 Å². The maximum Gasteiger partial charge on any atom is 0.344 e. The van der Waals surface area contributed by atoms with Crippen molar-refractivity contribution in [3.05, 3.63) is 96.4 Å². The molecular formula is C30H35IN2O3. The summed E-state index contributed by atoms with van der Waals surface area (Å²) in [6, 6.07) is 22.4. The molecule has 2 heterocycles. The predicted octanol–water partition coefficient (Wildman–Crippen LogP) is 3.25. The van der Waals surface area contributed by atoms with Crippen LogP contribution < -0.4 is 33.3 Å². The number of unbranched alkanes of at least 4 members (excludes halogenated alkanes) is 5. The first-order valence-corrected chi connectivity index (χ1v) is 12.6. The monoisotopic (exact) mass is 598 g/mol. The number of aryl methyl sites for hydroxylation is 2. The van der Waals surface area contributed by atoms with Gasteiger partial charge in [0, 0.05) is 29.7 Å². The van der Waals surface area contributed by atoms with E-state index in [0.29, 0.717) is 18.8 Å². The molecule has 0 N–H and O–H groups in total. The molecular weight excluding hydrogens is 563 g/mol. The lowest BCUT2D eigenvalue weighted by atomic mass is 10.1. The first-order valence-electron chi connectivity index (χ1n) is 12.6. The van der Waals surface area contributed by atoms with Crippen molar-refractivity contribution in [1.29, 1.82) is 0 Å². The van der Waals surface area contributed by atoms with E-state index in [1.165, 1.54) is 35.7 Å². The van der Waals surface area contributed by atoms with E-state index in [4.69, 9.17) is 9.47 Å². The average molecular weight is 599 g/mol. The molecule has 4 aromatic rings. The lowest BCUT2D eigenvalue weighted by molar-refractivity contribution is -0.671. The Hall–Kier alpha value is -2.87. The third kappa shape index (κ3) is 8.36. The van der Waals surface area contributed by atoms with Crippen molar-refractivity contribution in [3.63, 3.8) is 0 Å². The van der Waals surface area contributed by atoms with Crippen LogP contribution in [0.15, 0.2) is 85.3 Å². The highest BCUT2D eigenvalue weighted by Crippen LogP contribution is 2.23. The zero-order chi connectivity index (χ0) is 24.3. The third-order valence-electron chi connectivity index (χ3n) is 6.19. The van der Waals surface area contributed by atoms with Crippen LogP contribution in [-0.2, 0) is 24.9 Å². The third-order valence-corrected chi connectivity index (χ3v) is 6.19. The van der Waals surface area contributed by atoms with Gasteiger partial charge in [-0.15, -0.1) is 0 Å². The summed E-state index contributed by atoms with van der Waals surface area (Å²) >= 11 is 0. The lowest BCUT2D eigenvalue weighted by Gasteiger charge is -2.08. The van der Waals surface area contributed by atoms with E-state index < -0.39 is 0 Å². The first kappa shape index (κ1) is 27.7. The fourth-order valence-electron chi connectivity index (χ4n) is 4.25. The van der Waals surface area contributed by atoms with E-state index in [1.54, 1.807) is 12.3 Å². The van der Waals surface area contributed by atoms with E-state index in [9.17, 15) is 4.79 Å². The van der Waals surface area contributed by atoms with Crippen molar-refractivity contribution in [2.45, 2.75) is 51.7 Å². The van der Waals surface area contributed by atoms with Crippen LogP contribution in [0, 0.1) is 0 Å². The van der Waals surface area contributed by atoms with Gasteiger partial charge in [-0.3, -0.25) is 0 Å². The summed E-state index contributed by atoms with van der Waals surface area (Å²) in [6.45, 7) is 2.10. The minimum absolute atomic E-state index is 0. The van der Waals surface area contributed by atoms with Gasteiger partial charge in [0.15, 0.2) is 12.4 Å². The molecule has 0 radical (unpaired) electrons. The van der Waals surface area contributed by atoms with Crippen LogP contribution >= 0.6 is 0 Å². The summed E-state index contributed by atoms with van der Waals surface area (Å²) in [6.07, 6.45) is 12.6. The van der Waals surface area contributed by atoms with Gasteiger partial charge in [-0.25, -0.2) is 9.36 Å². The molecule has 0 spiro atoms. The van der Waals surface area contributed by atoms with Gasteiger partial charge in [-0.1, -0.05) is 56.0 Å². The van der Waals surface area contributed by atoms with Crippen LogP contribution in [-0.4, -0.2) is 17.1 Å². The van der Waals surface area contributed by atoms with Crippen LogP contribution in [0.3, 0.4) is 0 Å². The summed E-state index contributed by atoms with van der Waals surface area (Å²) in [7, 11) is 1.90. The molecule has 0 amide bonds. The van der Waals surface area contributed by atoms with Gasteiger partial charge in [0.2, 0.25) is 0 Å². The highest BCUT2D eigenvalue weighted by molar-refractivity contribution is 5.88. The van der Waals surface area contributed by atoms with Gasteiger partial charge in [-0.05, 0) is 48.7 Å². The molecule has 2 aromatic heterocycles. The van der Waals surface area contributed by atoms with Crippen LogP contribution in [0.25, 0.3) is 10.9 Å². The molecule has 0 aliphatic heterocycles. The van der Waals surface area contributed by atoms with E-state index in [1.807, 2.05) is 42.1 Å². The van der Waals surface area contributed by atoms with Crippen LogP contribution in [0.1, 0.15) is 54.4 Å². The highest BCUT2D eigenvalue weighted by Gasteiger charge is 2.10. The standard InChI is InChI=1S/C30H35N2O3.HI/c1-31-18-11-14-27(23-31)30(33)34-21-10-5-3-2-4-9-19-32-20-17-26-22-28(15-16-29(26)32)35-24-25-12-7-6-8-13-25;/h6-8,11-18,20,22-23H,2-5,9-10,19,21,24H2,1H3;1H/q+1;/p-1. The lowest BCUT2D eigenvalue weighted by Crippen LogP contribution is -3.00. The summed E-state index contributed by atoms with van der Waals surface area (Å²) in [5.74, 6) is 0.664. The second-order valence-corrected chi connectivity index (χ2v) is 9.02. The molecule has 0 saturated carbocycles. The van der Waals surface area contributed by atoms with E-state index in [0.717, 1.165) is 31.6 Å². The number of fused-ring (bicyclic) bond motifs is 1. The number of rotatable bonds is 13. The van der Waals surface area contributed by atoms with Crippen LogP contribution in [0.4, 0.5) is 0 Å². The molecule has 0 aliphatic carbocycles. The molecule has 0 bridgehead atoms. The van der Waals surface area contributed by atoms with Crippen LogP contribution in [0.5, 0.6) is 5.75 Å². The minimum Gasteiger partial charge on any atom is -1.00 e. The Morgan fingerprint density at radius 3 is 2.47 bits per heavy atom.